The first kappa shape index (κ1) is 19.9. The summed E-state index contributed by atoms with van der Waals surface area (Å²) in [6.07, 6.45) is -9.31. The van der Waals surface area contributed by atoms with Gasteiger partial charge in [-0.1, -0.05) is 11.8 Å². The maximum Gasteiger partial charge on any atom is 0.453 e. The Bertz CT molecular complexity index is 786. The molecule has 1 aromatic carbocycles. The number of nitrogen functional groups attached to an aromatic ring is 1. The monoisotopic (exact) mass is 399 g/mol. The second-order valence-corrected chi connectivity index (χ2v) is 6.31. The fourth-order valence-electron chi connectivity index (χ4n) is 1.75. The number of nitrogens with zero attached hydrogens (tertiary/aromatic N) is 3. The lowest BCUT2D eigenvalue weighted by atomic mass is 10.2. The molecule has 1 heterocycles. The summed E-state index contributed by atoms with van der Waals surface area (Å²) in [4.78, 5) is 12.0. The van der Waals surface area contributed by atoms with Crippen molar-refractivity contribution < 1.29 is 31.1 Å². The number of thioether (sulfide) groups is 1. The molecule has 0 unspecified atom stereocenters. The molecule has 0 bridgehead atoms. The number of benzene rings is 1. The summed E-state index contributed by atoms with van der Waals surface area (Å²) in [7, 11) is 0. The molecular formula is C13H11F6N5OS. The maximum absolute atomic E-state index is 12.6. The minimum Gasteiger partial charge on any atom is -0.335 e. The van der Waals surface area contributed by atoms with Gasteiger partial charge in [-0.25, -0.2) is 4.68 Å². The molecule has 1 amide bonds. The standard InChI is InChI=1S/C13H11F6N5OS/c1-6(26-11-23-22-10(24(11)20)13(17,18)19)9(25)21-8-4-2-7(3-5-8)12(14,15)16/h2-6H,20H2,1H3,(H,21,25)/t6-/m0/s1. The molecule has 13 heteroatoms. The van der Waals surface area contributed by atoms with Crippen LogP contribution in [0.5, 0.6) is 0 Å². The Kier molecular flexibility index (Phi) is 5.39. The van der Waals surface area contributed by atoms with E-state index in [1.54, 1.807) is 0 Å². The van der Waals surface area contributed by atoms with E-state index in [4.69, 9.17) is 5.84 Å². The van der Waals surface area contributed by atoms with Crippen LogP contribution in [0.3, 0.4) is 0 Å². The third-order valence-corrected chi connectivity index (χ3v) is 4.11. The molecule has 0 aliphatic rings. The van der Waals surface area contributed by atoms with Crippen molar-refractivity contribution in [3.05, 3.63) is 35.7 Å². The van der Waals surface area contributed by atoms with Crippen LogP contribution in [0, 0.1) is 0 Å². The second-order valence-electron chi connectivity index (χ2n) is 5.00. The van der Waals surface area contributed by atoms with Gasteiger partial charge < -0.3 is 11.2 Å². The van der Waals surface area contributed by atoms with E-state index in [1.807, 2.05) is 0 Å². The summed E-state index contributed by atoms with van der Waals surface area (Å²) < 4.78 is 75.4. The Balaban J connectivity index is 2.03. The highest BCUT2D eigenvalue weighted by molar-refractivity contribution is 8.00. The topological polar surface area (TPSA) is 85.8 Å². The van der Waals surface area contributed by atoms with Crippen molar-refractivity contribution in [2.75, 3.05) is 11.2 Å². The minimum atomic E-state index is -4.80. The zero-order valence-corrected chi connectivity index (χ0v) is 13.7. The van der Waals surface area contributed by atoms with Gasteiger partial charge in [0.25, 0.3) is 5.82 Å². The van der Waals surface area contributed by atoms with Crippen LogP contribution in [-0.2, 0) is 17.1 Å². The smallest absolute Gasteiger partial charge is 0.335 e. The first-order chi connectivity index (χ1) is 11.9. The number of halogens is 6. The van der Waals surface area contributed by atoms with E-state index in [-0.39, 0.29) is 15.5 Å². The van der Waals surface area contributed by atoms with Crippen molar-refractivity contribution in [1.82, 2.24) is 14.9 Å². The molecule has 2 rings (SSSR count). The molecule has 0 saturated heterocycles. The van der Waals surface area contributed by atoms with Gasteiger partial charge in [0.1, 0.15) is 0 Å². The number of amides is 1. The van der Waals surface area contributed by atoms with Crippen LogP contribution in [0.4, 0.5) is 32.0 Å². The highest BCUT2D eigenvalue weighted by Crippen LogP contribution is 2.31. The summed E-state index contributed by atoms with van der Waals surface area (Å²) in [5, 5.41) is 7.27. The lowest BCUT2D eigenvalue weighted by molar-refractivity contribution is -0.146. The number of nitrogens with one attached hydrogen (secondary N) is 1. The molecule has 3 N–H and O–H groups in total. The van der Waals surface area contributed by atoms with E-state index in [0.29, 0.717) is 11.8 Å². The number of hydrogen-bond acceptors (Lipinski definition) is 5. The maximum atomic E-state index is 12.6. The minimum absolute atomic E-state index is 0.0978. The van der Waals surface area contributed by atoms with Gasteiger partial charge in [-0.15, -0.1) is 10.2 Å². The number of hydrogen-bond donors (Lipinski definition) is 2. The van der Waals surface area contributed by atoms with Gasteiger partial charge in [0, 0.05) is 5.69 Å². The van der Waals surface area contributed by atoms with Gasteiger partial charge in [0.05, 0.1) is 10.8 Å². The number of carbonyl (C=O) groups is 1. The quantitative estimate of drug-likeness (QED) is 0.469. The van der Waals surface area contributed by atoms with Crippen LogP contribution in [0.25, 0.3) is 0 Å². The molecule has 0 aliphatic heterocycles. The second kappa shape index (κ2) is 7.05. The van der Waals surface area contributed by atoms with E-state index in [1.165, 1.54) is 6.92 Å². The largest absolute Gasteiger partial charge is 0.453 e. The third-order valence-electron chi connectivity index (χ3n) is 3.05. The van der Waals surface area contributed by atoms with Gasteiger partial charge in [-0.3, -0.25) is 4.79 Å². The third kappa shape index (κ3) is 4.59. The SMILES string of the molecule is C[C@H](Sc1nnc(C(F)(F)F)n1N)C(=O)Nc1ccc(C(F)(F)F)cc1. The van der Waals surface area contributed by atoms with Crippen LogP contribution in [0.2, 0.25) is 0 Å². The predicted octanol–water partition coefficient (Wildman–Crippen LogP) is 3.15. The molecule has 0 aliphatic carbocycles. The number of alkyl halides is 6. The van der Waals surface area contributed by atoms with Crippen LogP contribution >= 0.6 is 11.8 Å². The molecule has 0 saturated carbocycles. The molecule has 142 valence electrons. The average Bonchev–Trinajstić information content (AvgIpc) is 2.88. The van der Waals surface area contributed by atoms with Crippen molar-refractivity contribution in [3.8, 4) is 0 Å². The van der Waals surface area contributed by atoms with E-state index in [0.717, 1.165) is 24.3 Å². The Labute approximate surface area is 146 Å². The highest BCUT2D eigenvalue weighted by atomic mass is 32.2. The lowest BCUT2D eigenvalue weighted by Crippen LogP contribution is -2.25. The molecule has 0 radical (unpaired) electrons. The summed E-state index contributed by atoms with van der Waals surface area (Å²) in [6, 6.07) is 3.70. The number of nitrogens with two attached hydrogens (primary N) is 1. The van der Waals surface area contributed by atoms with Gasteiger partial charge in [-0.05, 0) is 31.2 Å². The zero-order chi connectivity index (χ0) is 19.7. The van der Waals surface area contributed by atoms with Gasteiger partial charge in [0.15, 0.2) is 0 Å². The molecule has 6 nitrogen and oxygen atoms in total. The van der Waals surface area contributed by atoms with Crippen LogP contribution in [0.1, 0.15) is 18.3 Å². The number of anilines is 1. The summed E-state index contributed by atoms with van der Waals surface area (Å²) in [5.74, 6) is 3.18. The first-order valence-corrected chi connectivity index (χ1v) is 7.70. The van der Waals surface area contributed by atoms with Crippen molar-refractivity contribution in [1.29, 1.82) is 0 Å². The van der Waals surface area contributed by atoms with Crippen LogP contribution < -0.4 is 11.2 Å². The molecular weight excluding hydrogens is 388 g/mol. The van der Waals surface area contributed by atoms with E-state index in [9.17, 15) is 31.1 Å². The lowest BCUT2D eigenvalue weighted by Gasteiger charge is -2.12. The summed E-state index contributed by atoms with van der Waals surface area (Å²) in [5.41, 5.74) is -0.783. The van der Waals surface area contributed by atoms with Gasteiger partial charge in [-0.2, -0.15) is 26.3 Å². The zero-order valence-electron chi connectivity index (χ0n) is 12.9. The van der Waals surface area contributed by atoms with E-state index >= 15 is 0 Å². The Morgan fingerprint density at radius 2 is 1.69 bits per heavy atom. The number of aromatic nitrogens is 3. The Morgan fingerprint density at radius 3 is 2.15 bits per heavy atom. The van der Waals surface area contributed by atoms with Crippen molar-refractivity contribution >= 4 is 23.4 Å². The molecule has 1 aromatic heterocycles. The van der Waals surface area contributed by atoms with Crippen molar-refractivity contribution in [2.24, 2.45) is 0 Å². The predicted molar refractivity (Wildman–Crippen MR) is 80.6 cm³/mol. The first-order valence-electron chi connectivity index (χ1n) is 6.82. The van der Waals surface area contributed by atoms with E-state index in [2.05, 4.69) is 15.5 Å². The van der Waals surface area contributed by atoms with Crippen molar-refractivity contribution in [2.45, 2.75) is 29.7 Å². The molecule has 0 spiro atoms. The summed E-state index contributed by atoms with van der Waals surface area (Å²) >= 11 is 0.614. The Morgan fingerprint density at radius 1 is 1.12 bits per heavy atom. The van der Waals surface area contributed by atoms with Crippen molar-refractivity contribution in [3.63, 3.8) is 0 Å². The van der Waals surface area contributed by atoms with E-state index < -0.39 is 34.9 Å². The number of carbonyl (C=O) groups excluding carboxylic acids is 1. The highest BCUT2D eigenvalue weighted by Gasteiger charge is 2.38. The Hall–Kier alpha value is -2.44. The fourth-order valence-corrected chi connectivity index (χ4v) is 2.52. The van der Waals surface area contributed by atoms with Crippen LogP contribution in [0.15, 0.2) is 29.4 Å². The normalized spacial score (nSPS) is 13.5. The molecule has 2 aromatic rings. The molecule has 0 fully saturated rings. The molecule has 26 heavy (non-hydrogen) atoms. The average molecular weight is 399 g/mol. The van der Waals surface area contributed by atoms with Crippen LogP contribution in [-0.4, -0.2) is 26.0 Å². The van der Waals surface area contributed by atoms with Gasteiger partial charge in [0.2, 0.25) is 11.1 Å². The summed E-state index contributed by atoms with van der Waals surface area (Å²) in [6.45, 7) is 1.37. The fraction of sp³-hybridized carbons (Fsp3) is 0.308. The van der Waals surface area contributed by atoms with Gasteiger partial charge >= 0.3 is 12.4 Å². The number of rotatable bonds is 4. The molecule has 1 atom stereocenters.